The summed E-state index contributed by atoms with van der Waals surface area (Å²) in [6.45, 7) is 0.824. The van der Waals surface area contributed by atoms with Crippen LogP contribution >= 0.6 is 11.6 Å². The number of carboxylic acids is 1. The molecule has 0 atom stereocenters. The fourth-order valence-electron chi connectivity index (χ4n) is 1.70. The summed E-state index contributed by atoms with van der Waals surface area (Å²) in [6.07, 6.45) is 5.06. The Hall–Kier alpha value is -1.29. The molecule has 1 aliphatic carbocycles. The number of hydrogen-bond acceptors (Lipinski definition) is 3. The lowest BCUT2D eigenvalue weighted by Crippen LogP contribution is -2.07. The average Bonchev–Trinajstić information content (AvgIpc) is 3.10. The van der Waals surface area contributed by atoms with Crippen molar-refractivity contribution in [3.05, 3.63) is 22.8 Å². The van der Waals surface area contributed by atoms with Gasteiger partial charge in [0.25, 0.3) is 0 Å². The van der Waals surface area contributed by atoms with Gasteiger partial charge in [-0.1, -0.05) is 24.4 Å². The van der Waals surface area contributed by atoms with E-state index < -0.39 is 5.97 Å². The first kappa shape index (κ1) is 12.2. The minimum atomic E-state index is -1.10. The molecule has 17 heavy (non-hydrogen) atoms. The molecule has 0 bridgehead atoms. The van der Waals surface area contributed by atoms with Crippen molar-refractivity contribution >= 4 is 23.4 Å². The number of pyridine rings is 1. The molecular weight excluding hydrogens is 240 g/mol. The number of aromatic nitrogens is 1. The summed E-state index contributed by atoms with van der Waals surface area (Å²) in [4.78, 5) is 14.8. The van der Waals surface area contributed by atoms with Gasteiger partial charge in [0, 0.05) is 6.54 Å². The Morgan fingerprint density at radius 2 is 2.29 bits per heavy atom. The zero-order valence-electron chi connectivity index (χ0n) is 9.45. The molecule has 1 saturated carbocycles. The van der Waals surface area contributed by atoms with Gasteiger partial charge in [-0.05, 0) is 30.9 Å². The van der Waals surface area contributed by atoms with Crippen molar-refractivity contribution in [1.82, 2.24) is 4.98 Å². The van der Waals surface area contributed by atoms with Gasteiger partial charge in [-0.25, -0.2) is 9.78 Å². The maximum Gasteiger partial charge on any atom is 0.356 e. The number of halogens is 1. The lowest BCUT2D eigenvalue weighted by Gasteiger charge is -2.06. The monoisotopic (exact) mass is 254 g/mol. The highest BCUT2D eigenvalue weighted by molar-refractivity contribution is 6.33. The minimum absolute atomic E-state index is 0.0983. The van der Waals surface area contributed by atoms with Gasteiger partial charge in [0.15, 0.2) is 5.69 Å². The van der Waals surface area contributed by atoms with E-state index in [4.69, 9.17) is 16.7 Å². The van der Waals surface area contributed by atoms with E-state index in [9.17, 15) is 4.79 Å². The summed E-state index contributed by atoms with van der Waals surface area (Å²) in [5.41, 5.74) is -0.0983. The molecule has 0 spiro atoms. The molecule has 0 aromatic carbocycles. The summed E-state index contributed by atoms with van der Waals surface area (Å²) >= 11 is 5.73. The molecule has 0 unspecified atom stereocenters. The predicted molar refractivity (Wildman–Crippen MR) is 66.7 cm³/mol. The van der Waals surface area contributed by atoms with Crippen molar-refractivity contribution in [2.24, 2.45) is 5.92 Å². The van der Waals surface area contributed by atoms with E-state index in [2.05, 4.69) is 10.3 Å². The van der Waals surface area contributed by atoms with Gasteiger partial charge < -0.3 is 10.4 Å². The summed E-state index contributed by atoms with van der Waals surface area (Å²) in [6, 6.07) is 3.26. The number of aromatic carboxylic acids is 1. The fourth-order valence-corrected chi connectivity index (χ4v) is 1.89. The molecule has 1 aliphatic rings. The predicted octanol–water partition coefficient (Wildman–Crippen LogP) is 3.04. The van der Waals surface area contributed by atoms with Crippen molar-refractivity contribution in [2.45, 2.75) is 25.7 Å². The third kappa shape index (κ3) is 3.60. The number of nitrogens with one attached hydrogen (secondary N) is 1. The van der Waals surface area contributed by atoms with Crippen LogP contribution in [0.1, 0.15) is 36.2 Å². The van der Waals surface area contributed by atoms with Gasteiger partial charge in [-0.15, -0.1) is 0 Å². The van der Waals surface area contributed by atoms with Crippen LogP contribution in [-0.2, 0) is 0 Å². The Morgan fingerprint density at radius 3 is 2.94 bits per heavy atom. The molecule has 4 nitrogen and oxygen atoms in total. The van der Waals surface area contributed by atoms with E-state index in [0.717, 1.165) is 18.9 Å². The topological polar surface area (TPSA) is 62.2 Å². The third-order valence-electron chi connectivity index (χ3n) is 2.84. The summed E-state index contributed by atoms with van der Waals surface area (Å²) < 4.78 is 0. The fraction of sp³-hybridized carbons (Fsp3) is 0.500. The number of rotatable bonds is 6. The van der Waals surface area contributed by atoms with Gasteiger partial charge in [0.05, 0.1) is 5.02 Å². The molecule has 2 rings (SSSR count). The Bertz CT molecular complexity index is 419. The normalized spacial score (nSPS) is 14.6. The first-order valence-corrected chi connectivity index (χ1v) is 6.18. The molecule has 0 amide bonds. The van der Waals surface area contributed by atoms with Gasteiger partial charge in [-0.2, -0.15) is 0 Å². The number of anilines is 1. The maximum absolute atomic E-state index is 10.8. The van der Waals surface area contributed by atoms with Crippen LogP contribution in [0, 0.1) is 5.92 Å². The summed E-state index contributed by atoms with van der Waals surface area (Å²) in [7, 11) is 0. The van der Waals surface area contributed by atoms with Crippen LogP contribution in [0.3, 0.4) is 0 Å². The highest BCUT2D eigenvalue weighted by Crippen LogP contribution is 2.33. The van der Waals surface area contributed by atoms with E-state index in [1.165, 1.54) is 19.3 Å². The largest absolute Gasteiger partial charge is 0.476 e. The smallest absolute Gasteiger partial charge is 0.356 e. The zero-order chi connectivity index (χ0) is 12.3. The lowest BCUT2D eigenvalue weighted by atomic mass is 10.2. The molecule has 0 aliphatic heterocycles. The van der Waals surface area contributed by atoms with E-state index in [0.29, 0.717) is 5.82 Å². The van der Waals surface area contributed by atoms with Gasteiger partial charge in [0.1, 0.15) is 5.82 Å². The van der Waals surface area contributed by atoms with E-state index in [-0.39, 0.29) is 10.7 Å². The van der Waals surface area contributed by atoms with E-state index in [1.807, 2.05) is 0 Å². The molecular formula is C12H15ClN2O2. The second kappa shape index (κ2) is 5.36. The second-order valence-electron chi connectivity index (χ2n) is 4.34. The van der Waals surface area contributed by atoms with Crippen LogP contribution in [0.2, 0.25) is 5.02 Å². The van der Waals surface area contributed by atoms with Gasteiger partial charge in [0.2, 0.25) is 0 Å². The molecule has 1 aromatic rings. The Kier molecular flexibility index (Phi) is 3.84. The molecule has 0 radical (unpaired) electrons. The number of nitrogens with zero attached hydrogens (tertiary/aromatic N) is 1. The van der Waals surface area contributed by atoms with Crippen LogP contribution in [-0.4, -0.2) is 22.6 Å². The average molecular weight is 255 g/mol. The Morgan fingerprint density at radius 1 is 1.53 bits per heavy atom. The van der Waals surface area contributed by atoms with Crippen molar-refractivity contribution in [3.63, 3.8) is 0 Å². The summed E-state index contributed by atoms with van der Waals surface area (Å²) in [5.74, 6) is 0.392. The molecule has 92 valence electrons. The van der Waals surface area contributed by atoms with Gasteiger partial charge >= 0.3 is 5.97 Å². The van der Waals surface area contributed by atoms with Crippen molar-refractivity contribution in [1.29, 1.82) is 0 Å². The van der Waals surface area contributed by atoms with Crippen molar-refractivity contribution < 1.29 is 9.90 Å². The first-order valence-electron chi connectivity index (χ1n) is 5.80. The minimum Gasteiger partial charge on any atom is -0.476 e. The van der Waals surface area contributed by atoms with Gasteiger partial charge in [-0.3, -0.25) is 0 Å². The van der Waals surface area contributed by atoms with E-state index >= 15 is 0 Å². The number of carboxylic acid groups (broad SMARTS) is 1. The molecule has 1 heterocycles. The Labute approximate surface area is 105 Å². The quantitative estimate of drug-likeness (QED) is 0.766. The maximum atomic E-state index is 10.8. The van der Waals surface area contributed by atoms with Crippen LogP contribution in [0.4, 0.5) is 5.82 Å². The second-order valence-corrected chi connectivity index (χ2v) is 4.75. The lowest BCUT2D eigenvalue weighted by molar-refractivity contribution is 0.0691. The van der Waals surface area contributed by atoms with Crippen LogP contribution < -0.4 is 5.32 Å². The first-order chi connectivity index (χ1) is 8.16. The highest BCUT2D eigenvalue weighted by atomic mass is 35.5. The van der Waals surface area contributed by atoms with Crippen molar-refractivity contribution in [3.8, 4) is 0 Å². The third-order valence-corrected chi connectivity index (χ3v) is 3.15. The molecule has 1 aromatic heterocycles. The van der Waals surface area contributed by atoms with E-state index in [1.54, 1.807) is 12.1 Å². The molecule has 0 saturated heterocycles. The molecule has 2 N–H and O–H groups in total. The zero-order valence-corrected chi connectivity index (χ0v) is 10.2. The van der Waals surface area contributed by atoms with Crippen molar-refractivity contribution in [2.75, 3.05) is 11.9 Å². The van der Waals surface area contributed by atoms with Crippen LogP contribution in [0.5, 0.6) is 0 Å². The summed E-state index contributed by atoms with van der Waals surface area (Å²) in [5, 5.41) is 12.2. The molecule has 1 fully saturated rings. The van der Waals surface area contributed by atoms with Crippen LogP contribution in [0.25, 0.3) is 0 Å². The SMILES string of the molecule is O=C(O)c1nc(NCCCC2CC2)ccc1Cl. The number of carbonyl (C=O) groups is 1. The molecule has 5 heteroatoms. The number of hydrogen-bond donors (Lipinski definition) is 2. The van der Waals surface area contributed by atoms with Crippen LogP contribution in [0.15, 0.2) is 12.1 Å². The standard InChI is InChI=1S/C12H15ClN2O2/c13-9-5-6-10(15-11(9)12(16)17)14-7-1-2-8-3-4-8/h5-6,8H,1-4,7H2,(H,14,15)(H,16,17). The highest BCUT2D eigenvalue weighted by Gasteiger charge is 2.20. The Balaban J connectivity index is 1.86.